The average molecular weight is 285 g/mol. The topological polar surface area (TPSA) is 47.6 Å². The smallest absolute Gasteiger partial charge is 0.251 e. The molecule has 2 aromatic carbocycles. The summed E-state index contributed by atoms with van der Waals surface area (Å²) in [6.45, 7) is 1.95. The second-order valence-corrected chi connectivity index (χ2v) is 4.70. The third-order valence-electron chi connectivity index (χ3n) is 3.32. The van der Waals surface area contributed by atoms with Gasteiger partial charge in [0.2, 0.25) is 0 Å². The predicted octanol–water partition coefficient (Wildman–Crippen LogP) is 3.19. The molecule has 4 nitrogen and oxygen atoms in total. The van der Waals surface area contributed by atoms with Crippen molar-refractivity contribution in [2.75, 3.05) is 14.2 Å². The Morgan fingerprint density at radius 2 is 1.38 bits per heavy atom. The van der Waals surface area contributed by atoms with Gasteiger partial charge < -0.3 is 14.8 Å². The molecule has 0 aromatic heterocycles. The number of benzene rings is 2. The van der Waals surface area contributed by atoms with E-state index in [9.17, 15) is 4.79 Å². The van der Waals surface area contributed by atoms with E-state index in [-0.39, 0.29) is 11.9 Å². The summed E-state index contributed by atoms with van der Waals surface area (Å²) in [7, 11) is 3.23. The second kappa shape index (κ2) is 6.79. The van der Waals surface area contributed by atoms with E-state index in [1.54, 1.807) is 38.5 Å². The van der Waals surface area contributed by atoms with Crippen molar-refractivity contribution in [3.8, 4) is 11.5 Å². The molecule has 0 radical (unpaired) electrons. The van der Waals surface area contributed by atoms with Crippen LogP contribution in [0.2, 0.25) is 0 Å². The van der Waals surface area contributed by atoms with Crippen molar-refractivity contribution in [2.24, 2.45) is 0 Å². The largest absolute Gasteiger partial charge is 0.497 e. The summed E-state index contributed by atoms with van der Waals surface area (Å²) in [6, 6.07) is 14.6. The maximum Gasteiger partial charge on any atom is 0.251 e. The number of hydrogen-bond acceptors (Lipinski definition) is 3. The van der Waals surface area contributed by atoms with Gasteiger partial charge in [-0.1, -0.05) is 12.1 Å². The van der Waals surface area contributed by atoms with Crippen LogP contribution in [-0.4, -0.2) is 20.1 Å². The fraction of sp³-hybridized carbons (Fsp3) is 0.235. The molecule has 0 aliphatic heterocycles. The Morgan fingerprint density at radius 3 is 1.86 bits per heavy atom. The Kier molecular flexibility index (Phi) is 4.82. The maximum atomic E-state index is 12.2. The van der Waals surface area contributed by atoms with Gasteiger partial charge in [-0.15, -0.1) is 0 Å². The first-order valence-corrected chi connectivity index (χ1v) is 6.73. The summed E-state index contributed by atoms with van der Waals surface area (Å²) >= 11 is 0. The van der Waals surface area contributed by atoms with Gasteiger partial charge in [0.1, 0.15) is 11.5 Å². The number of nitrogens with one attached hydrogen (secondary N) is 1. The van der Waals surface area contributed by atoms with E-state index in [2.05, 4.69) is 5.32 Å². The minimum atomic E-state index is -0.110. The molecular formula is C17H19NO3. The zero-order valence-electron chi connectivity index (χ0n) is 12.4. The predicted molar refractivity (Wildman–Crippen MR) is 81.9 cm³/mol. The van der Waals surface area contributed by atoms with Crippen LogP contribution in [0.3, 0.4) is 0 Å². The molecule has 0 bridgehead atoms. The summed E-state index contributed by atoms with van der Waals surface area (Å²) in [5.41, 5.74) is 1.63. The second-order valence-electron chi connectivity index (χ2n) is 4.70. The van der Waals surface area contributed by atoms with Crippen LogP contribution in [0.4, 0.5) is 0 Å². The molecule has 0 aliphatic carbocycles. The van der Waals surface area contributed by atoms with Gasteiger partial charge in [-0.3, -0.25) is 4.79 Å². The Labute approximate surface area is 124 Å². The van der Waals surface area contributed by atoms with Crippen molar-refractivity contribution in [2.45, 2.75) is 13.0 Å². The first-order valence-electron chi connectivity index (χ1n) is 6.73. The molecule has 0 saturated carbocycles. The van der Waals surface area contributed by atoms with Crippen molar-refractivity contribution in [1.82, 2.24) is 5.32 Å². The highest BCUT2D eigenvalue weighted by atomic mass is 16.5. The number of amides is 1. The molecule has 2 rings (SSSR count). The fourth-order valence-corrected chi connectivity index (χ4v) is 2.00. The summed E-state index contributed by atoms with van der Waals surface area (Å²) in [6.07, 6.45) is 0. The van der Waals surface area contributed by atoms with Crippen LogP contribution < -0.4 is 14.8 Å². The van der Waals surface area contributed by atoms with Crippen molar-refractivity contribution < 1.29 is 14.3 Å². The monoisotopic (exact) mass is 285 g/mol. The van der Waals surface area contributed by atoms with E-state index < -0.39 is 0 Å². The molecule has 0 saturated heterocycles. The number of carbonyl (C=O) groups excluding carboxylic acids is 1. The summed E-state index contributed by atoms with van der Waals surface area (Å²) in [4.78, 5) is 12.2. The quantitative estimate of drug-likeness (QED) is 0.917. The third kappa shape index (κ3) is 3.75. The zero-order valence-corrected chi connectivity index (χ0v) is 12.4. The average Bonchev–Trinajstić information content (AvgIpc) is 2.55. The minimum Gasteiger partial charge on any atom is -0.497 e. The minimum absolute atomic E-state index is 0.0782. The zero-order chi connectivity index (χ0) is 15.2. The van der Waals surface area contributed by atoms with E-state index in [1.807, 2.05) is 31.2 Å². The first-order chi connectivity index (χ1) is 10.1. The van der Waals surface area contributed by atoms with Gasteiger partial charge >= 0.3 is 0 Å². The van der Waals surface area contributed by atoms with Crippen LogP contribution >= 0.6 is 0 Å². The molecule has 1 atom stereocenters. The Balaban J connectivity index is 2.03. The van der Waals surface area contributed by atoms with Crippen molar-refractivity contribution in [3.05, 3.63) is 59.7 Å². The van der Waals surface area contributed by atoms with Gasteiger partial charge in [0.25, 0.3) is 5.91 Å². The molecule has 110 valence electrons. The van der Waals surface area contributed by atoms with Gasteiger partial charge in [-0.25, -0.2) is 0 Å². The maximum absolute atomic E-state index is 12.2. The standard InChI is InChI=1S/C17H19NO3/c1-12(13-4-8-15(20-2)9-5-13)18-17(19)14-6-10-16(21-3)11-7-14/h4-12H,1-3H3,(H,18,19)/t12-/m1/s1. The summed E-state index contributed by atoms with van der Waals surface area (Å²) in [5.74, 6) is 1.42. The van der Waals surface area contributed by atoms with Crippen molar-refractivity contribution in [1.29, 1.82) is 0 Å². The molecule has 1 amide bonds. The first kappa shape index (κ1) is 14.9. The lowest BCUT2D eigenvalue weighted by Crippen LogP contribution is -2.26. The molecule has 4 heteroatoms. The van der Waals surface area contributed by atoms with Crippen LogP contribution in [0, 0.1) is 0 Å². The Morgan fingerprint density at radius 1 is 0.905 bits per heavy atom. The number of carbonyl (C=O) groups is 1. The fourth-order valence-electron chi connectivity index (χ4n) is 2.00. The van der Waals surface area contributed by atoms with Crippen LogP contribution in [0.25, 0.3) is 0 Å². The molecular weight excluding hydrogens is 266 g/mol. The molecule has 0 fully saturated rings. The summed E-state index contributed by atoms with van der Waals surface area (Å²) < 4.78 is 10.2. The van der Waals surface area contributed by atoms with Crippen molar-refractivity contribution >= 4 is 5.91 Å². The van der Waals surface area contributed by atoms with Crippen LogP contribution in [0.1, 0.15) is 28.9 Å². The Bertz CT molecular complexity index is 590. The van der Waals surface area contributed by atoms with Gasteiger partial charge in [0, 0.05) is 5.56 Å². The van der Waals surface area contributed by atoms with Crippen LogP contribution in [0.15, 0.2) is 48.5 Å². The summed E-state index contributed by atoms with van der Waals surface area (Å²) in [5, 5.41) is 2.97. The number of rotatable bonds is 5. The molecule has 0 aliphatic rings. The molecule has 1 N–H and O–H groups in total. The van der Waals surface area contributed by atoms with Gasteiger partial charge in [-0.05, 0) is 48.9 Å². The van der Waals surface area contributed by atoms with Gasteiger partial charge in [0.15, 0.2) is 0 Å². The number of hydrogen-bond donors (Lipinski definition) is 1. The highest BCUT2D eigenvalue weighted by Crippen LogP contribution is 2.18. The number of methoxy groups -OCH3 is 2. The molecule has 0 spiro atoms. The van der Waals surface area contributed by atoms with E-state index >= 15 is 0 Å². The van der Waals surface area contributed by atoms with Crippen LogP contribution in [-0.2, 0) is 0 Å². The Hall–Kier alpha value is -2.49. The van der Waals surface area contributed by atoms with Crippen LogP contribution in [0.5, 0.6) is 11.5 Å². The van der Waals surface area contributed by atoms with E-state index in [0.717, 1.165) is 17.1 Å². The van der Waals surface area contributed by atoms with E-state index in [4.69, 9.17) is 9.47 Å². The van der Waals surface area contributed by atoms with Gasteiger partial charge in [0.05, 0.1) is 20.3 Å². The normalized spacial score (nSPS) is 11.6. The van der Waals surface area contributed by atoms with E-state index in [1.165, 1.54) is 0 Å². The molecule has 21 heavy (non-hydrogen) atoms. The third-order valence-corrected chi connectivity index (χ3v) is 3.32. The lowest BCUT2D eigenvalue weighted by atomic mass is 10.1. The lowest BCUT2D eigenvalue weighted by molar-refractivity contribution is 0.0940. The number of ether oxygens (including phenoxy) is 2. The molecule has 0 heterocycles. The van der Waals surface area contributed by atoms with Crippen molar-refractivity contribution in [3.63, 3.8) is 0 Å². The SMILES string of the molecule is COc1ccc(C(=O)N[C@H](C)c2ccc(OC)cc2)cc1. The highest BCUT2D eigenvalue weighted by molar-refractivity contribution is 5.94. The van der Waals surface area contributed by atoms with Gasteiger partial charge in [-0.2, -0.15) is 0 Å². The molecule has 0 unspecified atom stereocenters. The highest BCUT2D eigenvalue weighted by Gasteiger charge is 2.11. The lowest BCUT2D eigenvalue weighted by Gasteiger charge is -2.15. The molecule has 2 aromatic rings. The van der Waals surface area contributed by atoms with E-state index in [0.29, 0.717) is 5.56 Å².